The van der Waals surface area contributed by atoms with Crippen LogP contribution in [0.5, 0.6) is 0 Å². The van der Waals surface area contributed by atoms with E-state index in [4.69, 9.17) is 11.6 Å². The zero-order chi connectivity index (χ0) is 19.4. The first-order valence-corrected chi connectivity index (χ1v) is 10.0. The number of pyridine rings is 1. The Morgan fingerprint density at radius 3 is 2.30 bits per heavy atom. The van der Waals surface area contributed by atoms with Gasteiger partial charge in [-0.25, -0.2) is 4.98 Å². The number of aromatic nitrogens is 1. The number of piperidine rings is 1. The van der Waals surface area contributed by atoms with Crippen molar-refractivity contribution in [3.8, 4) is 0 Å². The topological polar surface area (TPSA) is 45.2 Å². The minimum absolute atomic E-state index is 0.00816. The van der Waals surface area contributed by atoms with Crippen molar-refractivity contribution in [1.29, 1.82) is 0 Å². The van der Waals surface area contributed by atoms with Crippen LogP contribution in [0, 0.1) is 5.92 Å². The molecule has 0 spiro atoms. The fourth-order valence-corrected chi connectivity index (χ4v) is 4.20. The Kier molecular flexibility index (Phi) is 6.50. The molecule has 2 heterocycles. The fraction of sp³-hybridized carbons (Fsp3) is 0.684. The normalized spacial score (nSPS) is 20.4. The standard InChI is InChI=1S/C19H25ClF3N3O/c20-16-11-14(19(21,22)23)12-24-17(16)26-9-7-13(8-10-26)18(27)25-15-5-3-1-2-4-6-15/h11-13,15H,1-10H2,(H,25,27). The van der Waals surface area contributed by atoms with E-state index in [1.165, 1.54) is 25.7 Å². The van der Waals surface area contributed by atoms with E-state index in [1.807, 2.05) is 4.90 Å². The minimum Gasteiger partial charge on any atom is -0.355 e. The second-order valence-electron chi connectivity index (χ2n) is 7.49. The molecular weight excluding hydrogens is 379 g/mol. The van der Waals surface area contributed by atoms with Crippen LogP contribution < -0.4 is 10.2 Å². The van der Waals surface area contributed by atoms with Crippen LogP contribution in [0.15, 0.2) is 12.3 Å². The van der Waals surface area contributed by atoms with Crippen molar-refractivity contribution in [1.82, 2.24) is 10.3 Å². The van der Waals surface area contributed by atoms with Gasteiger partial charge in [-0.15, -0.1) is 0 Å². The lowest BCUT2D eigenvalue weighted by Gasteiger charge is -2.33. The van der Waals surface area contributed by atoms with Crippen molar-refractivity contribution >= 4 is 23.3 Å². The maximum Gasteiger partial charge on any atom is 0.417 e. The maximum absolute atomic E-state index is 12.7. The monoisotopic (exact) mass is 403 g/mol. The summed E-state index contributed by atoms with van der Waals surface area (Å²) in [6.07, 6.45) is 4.57. The van der Waals surface area contributed by atoms with Gasteiger partial charge in [0.1, 0.15) is 5.82 Å². The van der Waals surface area contributed by atoms with Gasteiger partial charge in [-0.1, -0.05) is 37.3 Å². The van der Waals surface area contributed by atoms with Crippen LogP contribution in [0.2, 0.25) is 5.02 Å². The molecule has 2 fully saturated rings. The summed E-state index contributed by atoms with van der Waals surface area (Å²) in [6.45, 7) is 1.11. The fourth-order valence-electron chi connectivity index (χ4n) is 3.91. The Morgan fingerprint density at radius 2 is 1.74 bits per heavy atom. The highest BCUT2D eigenvalue weighted by atomic mass is 35.5. The van der Waals surface area contributed by atoms with Crippen molar-refractivity contribution in [3.63, 3.8) is 0 Å². The van der Waals surface area contributed by atoms with Gasteiger partial charge in [0.25, 0.3) is 0 Å². The van der Waals surface area contributed by atoms with Crippen molar-refractivity contribution in [2.45, 2.75) is 63.6 Å². The van der Waals surface area contributed by atoms with Gasteiger partial charge in [0.05, 0.1) is 10.6 Å². The first-order chi connectivity index (χ1) is 12.8. The number of nitrogens with one attached hydrogen (secondary N) is 1. The number of hydrogen-bond acceptors (Lipinski definition) is 3. The largest absolute Gasteiger partial charge is 0.417 e. The van der Waals surface area contributed by atoms with Crippen LogP contribution in [0.25, 0.3) is 0 Å². The van der Waals surface area contributed by atoms with Crippen molar-refractivity contribution in [3.05, 3.63) is 22.8 Å². The number of anilines is 1. The van der Waals surface area contributed by atoms with Gasteiger partial charge in [-0.2, -0.15) is 13.2 Å². The number of rotatable bonds is 3. The number of hydrogen-bond donors (Lipinski definition) is 1. The van der Waals surface area contributed by atoms with Gasteiger partial charge in [0, 0.05) is 31.2 Å². The number of amides is 1. The average molecular weight is 404 g/mol. The molecule has 2 aliphatic rings. The van der Waals surface area contributed by atoms with Gasteiger partial charge in [-0.05, 0) is 31.7 Å². The third kappa shape index (κ3) is 5.27. The number of nitrogens with zero attached hydrogens (tertiary/aromatic N) is 2. The molecular formula is C19H25ClF3N3O. The molecule has 1 aliphatic carbocycles. The third-order valence-electron chi connectivity index (χ3n) is 5.52. The molecule has 27 heavy (non-hydrogen) atoms. The summed E-state index contributed by atoms with van der Waals surface area (Å²) in [5, 5.41) is 3.19. The predicted molar refractivity (Wildman–Crippen MR) is 98.8 cm³/mol. The number of carbonyl (C=O) groups is 1. The minimum atomic E-state index is -4.46. The molecule has 0 bridgehead atoms. The Balaban J connectivity index is 1.54. The van der Waals surface area contributed by atoms with E-state index in [9.17, 15) is 18.0 Å². The summed E-state index contributed by atoms with van der Waals surface area (Å²) in [6, 6.07) is 1.19. The highest BCUT2D eigenvalue weighted by Crippen LogP contribution is 2.34. The smallest absolute Gasteiger partial charge is 0.355 e. The Bertz CT molecular complexity index is 652. The molecule has 3 rings (SSSR count). The van der Waals surface area contributed by atoms with E-state index >= 15 is 0 Å². The van der Waals surface area contributed by atoms with E-state index < -0.39 is 11.7 Å². The molecule has 1 aromatic heterocycles. The number of halogens is 4. The maximum atomic E-state index is 12.7. The lowest BCUT2D eigenvalue weighted by molar-refractivity contribution is -0.137. The number of carbonyl (C=O) groups excluding carboxylic acids is 1. The summed E-state index contributed by atoms with van der Waals surface area (Å²) in [5.74, 6) is 0.401. The molecule has 1 aromatic rings. The van der Waals surface area contributed by atoms with E-state index in [0.29, 0.717) is 31.7 Å². The molecule has 0 unspecified atom stereocenters. The Morgan fingerprint density at radius 1 is 1.11 bits per heavy atom. The van der Waals surface area contributed by atoms with Crippen LogP contribution in [0.3, 0.4) is 0 Å². The summed E-state index contributed by atoms with van der Waals surface area (Å²) in [5.41, 5.74) is -0.853. The molecule has 1 saturated carbocycles. The number of alkyl halides is 3. The lowest BCUT2D eigenvalue weighted by Crippen LogP contribution is -2.44. The van der Waals surface area contributed by atoms with Crippen LogP contribution in [-0.2, 0) is 11.0 Å². The molecule has 1 aliphatic heterocycles. The SMILES string of the molecule is O=C(NC1CCCCCC1)C1CCN(c2ncc(C(F)(F)F)cc2Cl)CC1. The van der Waals surface area contributed by atoms with Crippen molar-refractivity contribution in [2.24, 2.45) is 5.92 Å². The Labute approximate surface area is 162 Å². The highest BCUT2D eigenvalue weighted by molar-refractivity contribution is 6.33. The highest BCUT2D eigenvalue weighted by Gasteiger charge is 2.33. The predicted octanol–water partition coefficient (Wildman–Crippen LogP) is 4.81. The van der Waals surface area contributed by atoms with Crippen LogP contribution >= 0.6 is 11.6 Å². The van der Waals surface area contributed by atoms with Gasteiger partial charge in [0.2, 0.25) is 5.91 Å². The summed E-state index contributed by atoms with van der Waals surface area (Å²) >= 11 is 6.03. The first-order valence-electron chi connectivity index (χ1n) is 9.62. The van der Waals surface area contributed by atoms with E-state index in [-0.39, 0.29) is 22.9 Å². The average Bonchev–Trinajstić information content (AvgIpc) is 2.90. The summed E-state index contributed by atoms with van der Waals surface area (Å²) in [7, 11) is 0. The third-order valence-corrected chi connectivity index (χ3v) is 5.79. The zero-order valence-corrected chi connectivity index (χ0v) is 16.0. The zero-order valence-electron chi connectivity index (χ0n) is 15.2. The van der Waals surface area contributed by atoms with Gasteiger partial charge in [-0.3, -0.25) is 4.79 Å². The van der Waals surface area contributed by atoms with Crippen LogP contribution in [0.4, 0.5) is 19.0 Å². The summed E-state index contributed by atoms with van der Waals surface area (Å²) < 4.78 is 38.2. The molecule has 0 atom stereocenters. The molecule has 1 saturated heterocycles. The molecule has 0 aromatic carbocycles. The van der Waals surface area contributed by atoms with Gasteiger partial charge < -0.3 is 10.2 Å². The lowest BCUT2D eigenvalue weighted by atomic mass is 9.95. The van der Waals surface area contributed by atoms with Crippen molar-refractivity contribution < 1.29 is 18.0 Å². The van der Waals surface area contributed by atoms with Crippen LogP contribution in [-0.4, -0.2) is 30.0 Å². The molecule has 1 amide bonds. The molecule has 8 heteroatoms. The molecule has 150 valence electrons. The summed E-state index contributed by atoms with van der Waals surface area (Å²) in [4.78, 5) is 18.3. The molecule has 1 N–H and O–H groups in total. The van der Waals surface area contributed by atoms with E-state index in [0.717, 1.165) is 25.1 Å². The molecule has 4 nitrogen and oxygen atoms in total. The first kappa shape index (κ1) is 20.2. The van der Waals surface area contributed by atoms with Gasteiger partial charge in [0.15, 0.2) is 0 Å². The second-order valence-corrected chi connectivity index (χ2v) is 7.89. The van der Waals surface area contributed by atoms with Crippen LogP contribution in [0.1, 0.15) is 56.9 Å². The quantitative estimate of drug-likeness (QED) is 0.737. The van der Waals surface area contributed by atoms with E-state index in [1.54, 1.807) is 0 Å². The van der Waals surface area contributed by atoms with E-state index in [2.05, 4.69) is 10.3 Å². The van der Waals surface area contributed by atoms with Crippen molar-refractivity contribution in [2.75, 3.05) is 18.0 Å². The Hall–Kier alpha value is -1.50. The molecule has 0 radical (unpaired) electrons. The second kappa shape index (κ2) is 8.67. The van der Waals surface area contributed by atoms with Gasteiger partial charge >= 0.3 is 6.18 Å².